The second-order valence-electron chi connectivity index (χ2n) is 9.68. The van der Waals surface area contributed by atoms with E-state index in [-0.39, 0.29) is 24.7 Å². The van der Waals surface area contributed by atoms with Crippen LogP contribution in [0.15, 0.2) is 53.6 Å². The molecule has 0 aromatic heterocycles. The highest BCUT2D eigenvalue weighted by Gasteiger charge is 2.47. The number of hydrazone groups is 1. The summed E-state index contributed by atoms with van der Waals surface area (Å²) in [5.74, 6) is 0. The number of ether oxygens (including phenoxy) is 1. The molecule has 6 nitrogen and oxygen atoms in total. The fraction of sp³-hybridized carbons (Fsp3) is 0.462. The number of nitriles is 1. The summed E-state index contributed by atoms with van der Waals surface area (Å²) < 4.78 is 86.2. The minimum absolute atomic E-state index is 0.00918. The molecule has 2 aromatic carbocycles. The van der Waals surface area contributed by atoms with Gasteiger partial charge in [-0.25, -0.2) is 0 Å². The van der Waals surface area contributed by atoms with Gasteiger partial charge in [0, 0.05) is 6.54 Å². The van der Waals surface area contributed by atoms with Gasteiger partial charge in [-0.3, -0.25) is 5.43 Å². The average molecular weight is 540 g/mol. The van der Waals surface area contributed by atoms with Gasteiger partial charge in [-0.15, -0.1) is 0 Å². The molecular weight excluding hydrogens is 512 g/mol. The molecule has 1 saturated heterocycles. The van der Waals surface area contributed by atoms with E-state index in [1.165, 1.54) is 6.92 Å². The number of piperidine rings is 1. The summed E-state index contributed by atoms with van der Waals surface area (Å²) in [4.78, 5) is 1.96. The van der Waals surface area contributed by atoms with Gasteiger partial charge in [0.05, 0.1) is 47.4 Å². The molecule has 2 aromatic rings. The lowest BCUT2D eigenvalue weighted by molar-refractivity contribution is -0.143. The Morgan fingerprint density at radius 3 is 2.21 bits per heavy atom. The molecular formula is C26H27F6N5O. The predicted octanol–water partition coefficient (Wildman–Crippen LogP) is 5.54. The molecule has 204 valence electrons. The summed E-state index contributed by atoms with van der Waals surface area (Å²) in [5.41, 5.74) is -0.551. The zero-order chi connectivity index (χ0) is 27.6. The molecule has 4 rings (SSSR count). The first kappa shape index (κ1) is 27.7. The molecule has 0 amide bonds. The molecule has 0 saturated carbocycles. The van der Waals surface area contributed by atoms with Crippen molar-refractivity contribution in [2.24, 2.45) is 5.10 Å². The van der Waals surface area contributed by atoms with Gasteiger partial charge in [0.1, 0.15) is 13.0 Å². The number of benzene rings is 2. The molecule has 2 aliphatic heterocycles. The number of nitrogens with zero attached hydrogens (tertiary/aromatic N) is 3. The van der Waals surface area contributed by atoms with E-state index in [1.54, 1.807) is 6.34 Å². The summed E-state index contributed by atoms with van der Waals surface area (Å²) >= 11 is 0. The van der Waals surface area contributed by atoms with Crippen LogP contribution in [0.1, 0.15) is 54.5 Å². The van der Waals surface area contributed by atoms with E-state index >= 15 is 0 Å². The van der Waals surface area contributed by atoms with Crippen LogP contribution in [0.25, 0.3) is 0 Å². The minimum Gasteiger partial charge on any atom is -0.372 e. The van der Waals surface area contributed by atoms with Crippen molar-refractivity contribution in [3.63, 3.8) is 0 Å². The third-order valence-electron chi connectivity index (χ3n) is 7.31. The lowest BCUT2D eigenvalue weighted by Gasteiger charge is -2.50. The van der Waals surface area contributed by atoms with E-state index in [1.807, 2.05) is 35.2 Å². The predicted molar refractivity (Wildman–Crippen MR) is 127 cm³/mol. The Morgan fingerprint density at radius 2 is 1.71 bits per heavy atom. The standard InChI is InChI=1S/C26H27F6N5O/c1-18(19-11-21(25(27,28)29)13-22(12-19)26(30,31)32)38-15-24(20-5-3-2-4-6-20)8-7-23(9-10-33,14-34-24)37-16-35-36-17-37/h2-6,11-13,16,18,34,36H,7-9,14-15,17H2,1H3/t18-,23+,24-/m1/s1. The number of hydrogen-bond acceptors (Lipinski definition) is 6. The molecule has 38 heavy (non-hydrogen) atoms. The summed E-state index contributed by atoms with van der Waals surface area (Å²) in [6, 6.07) is 13.1. The van der Waals surface area contributed by atoms with Crippen LogP contribution in [-0.2, 0) is 22.6 Å². The van der Waals surface area contributed by atoms with E-state index in [0.717, 1.165) is 5.56 Å². The average Bonchev–Trinajstić information content (AvgIpc) is 3.44. The number of hydrogen-bond donors (Lipinski definition) is 2. The van der Waals surface area contributed by atoms with Crippen molar-refractivity contribution in [2.45, 2.75) is 55.7 Å². The lowest BCUT2D eigenvalue weighted by atomic mass is 9.74. The van der Waals surface area contributed by atoms with Gasteiger partial charge in [0.2, 0.25) is 0 Å². The zero-order valence-electron chi connectivity index (χ0n) is 20.5. The van der Waals surface area contributed by atoms with E-state index in [4.69, 9.17) is 4.74 Å². The van der Waals surface area contributed by atoms with Gasteiger partial charge in [-0.05, 0) is 49.1 Å². The third-order valence-corrected chi connectivity index (χ3v) is 7.31. The molecule has 1 fully saturated rings. The van der Waals surface area contributed by atoms with Gasteiger partial charge in [0.25, 0.3) is 0 Å². The first-order valence-electron chi connectivity index (χ1n) is 12.0. The Kier molecular flexibility index (Phi) is 7.63. The second-order valence-corrected chi connectivity index (χ2v) is 9.68. The van der Waals surface area contributed by atoms with E-state index in [9.17, 15) is 31.6 Å². The largest absolute Gasteiger partial charge is 0.416 e. The lowest BCUT2D eigenvalue weighted by Crippen LogP contribution is -2.64. The van der Waals surface area contributed by atoms with Crippen molar-refractivity contribution in [3.05, 3.63) is 70.8 Å². The van der Waals surface area contributed by atoms with Gasteiger partial charge < -0.3 is 15.0 Å². The third kappa shape index (κ3) is 5.73. The van der Waals surface area contributed by atoms with Crippen molar-refractivity contribution in [2.75, 3.05) is 19.8 Å². The van der Waals surface area contributed by atoms with E-state index < -0.39 is 40.7 Å². The maximum Gasteiger partial charge on any atom is 0.416 e. The highest BCUT2D eigenvalue weighted by atomic mass is 19.4. The Morgan fingerprint density at radius 1 is 1.05 bits per heavy atom. The van der Waals surface area contributed by atoms with Crippen LogP contribution in [0, 0.1) is 11.3 Å². The minimum atomic E-state index is -4.94. The maximum absolute atomic E-state index is 13.4. The molecule has 0 unspecified atom stereocenters. The van der Waals surface area contributed by atoms with Crippen LogP contribution in [0.3, 0.4) is 0 Å². The van der Waals surface area contributed by atoms with Crippen molar-refractivity contribution >= 4 is 6.34 Å². The Labute approximate surface area is 216 Å². The van der Waals surface area contributed by atoms with Crippen LogP contribution < -0.4 is 10.7 Å². The smallest absolute Gasteiger partial charge is 0.372 e. The molecule has 0 bridgehead atoms. The van der Waals surface area contributed by atoms with Crippen LogP contribution in [0.4, 0.5) is 26.3 Å². The van der Waals surface area contributed by atoms with Crippen LogP contribution in [0.5, 0.6) is 0 Å². The van der Waals surface area contributed by atoms with Gasteiger partial charge in [-0.1, -0.05) is 30.3 Å². The SMILES string of the molecule is C[C@@H](OC[C@@]1(c2ccccc2)CC[C@@](CC#N)(N2C=NNC2)CN1)c1cc(C(F)(F)F)cc(C(F)(F)F)c1. The fourth-order valence-corrected chi connectivity index (χ4v) is 4.95. The van der Waals surface area contributed by atoms with Gasteiger partial charge in [0.15, 0.2) is 0 Å². The number of alkyl halides is 6. The Bertz CT molecular complexity index is 1150. The highest BCUT2D eigenvalue weighted by molar-refractivity contribution is 5.58. The maximum atomic E-state index is 13.4. The van der Waals surface area contributed by atoms with Gasteiger partial charge >= 0.3 is 12.4 Å². The van der Waals surface area contributed by atoms with Crippen molar-refractivity contribution in [1.82, 2.24) is 15.6 Å². The Hall–Kier alpha value is -3.30. The molecule has 12 heteroatoms. The van der Waals surface area contributed by atoms with Gasteiger partial charge in [-0.2, -0.15) is 36.7 Å². The molecule has 3 atom stereocenters. The number of nitrogens with one attached hydrogen (secondary N) is 2. The first-order chi connectivity index (χ1) is 17.9. The van der Waals surface area contributed by atoms with Crippen molar-refractivity contribution < 1.29 is 31.1 Å². The van der Waals surface area contributed by atoms with Crippen molar-refractivity contribution in [1.29, 1.82) is 5.26 Å². The monoisotopic (exact) mass is 539 g/mol. The first-order valence-corrected chi connectivity index (χ1v) is 12.0. The zero-order valence-corrected chi connectivity index (χ0v) is 20.5. The van der Waals surface area contributed by atoms with Crippen LogP contribution in [-0.4, -0.2) is 36.6 Å². The van der Waals surface area contributed by atoms with Crippen LogP contribution in [0.2, 0.25) is 0 Å². The fourth-order valence-electron chi connectivity index (χ4n) is 4.95. The molecule has 0 radical (unpaired) electrons. The molecule has 2 heterocycles. The molecule has 2 N–H and O–H groups in total. The number of halogens is 6. The normalized spacial score (nSPS) is 24.6. The van der Waals surface area contributed by atoms with E-state index in [0.29, 0.717) is 38.2 Å². The summed E-state index contributed by atoms with van der Waals surface area (Å²) in [7, 11) is 0. The van der Waals surface area contributed by atoms with Crippen molar-refractivity contribution in [3.8, 4) is 6.07 Å². The molecule has 0 aliphatic carbocycles. The van der Waals surface area contributed by atoms with Crippen LogP contribution >= 0.6 is 0 Å². The summed E-state index contributed by atoms with van der Waals surface area (Å²) in [6.07, 6.45) is -7.96. The second kappa shape index (κ2) is 10.5. The summed E-state index contributed by atoms with van der Waals surface area (Å²) in [6.45, 7) is 2.27. The summed E-state index contributed by atoms with van der Waals surface area (Å²) in [5, 5.41) is 17.0. The quantitative estimate of drug-likeness (QED) is 0.452. The molecule has 2 aliphatic rings. The number of rotatable bonds is 7. The highest BCUT2D eigenvalue weighted by Crippen LogP contribution is 2.41. The van der Waals surface area contributed by atoms with E-state index in [2.05, 4.69) is 21.9 Å². The molecule has 0 spiro atoms. The Balaban J connectivity index is 1.60. The topological polar surface area (TPSA) is 72.7 Å².